The molecule has 3 heteroatoms. The van der Waals surface area contributed by atoms with Gasteiger partial charge in [-0.25, -0.2) is 0 Å². The van der Waals surface area contributed by atoms with Crippen molar-refractivity contribution in [3.63, 3.8) is 0 Å². The van der Waals surface area contributed by atoms with Crippen LogP contribution in [0.5, 0.6) is 0 Å². The molecule has 0 aromatic carbocycles. The van der Waals surface area contributed by atoms with Crippen LogP contribution in [0.3, 0.4) is 0 Å². The summed E-state index contributed by atoms with van der Waals surface area (Å²) < 4.78 is 0. The molecule has 15 heavy (non-hydrogen) atoms. The third-order valence-electron chi connectivity index (χ3n) is 3.17. The third kappa shape index (κ3) is 2.06. The number of halogens is 1. The van der Waals surface area contributed by atoms with Gasteiger partial charge in [0.25, 0.3) is 0 Å². The predicted molar refractivity (Wildman–Crippen MR) is 65.8 cm³/mol. The molecule has 2 N–H and O–H groups in total. The molecule has 0 aliphatic heterocycles. The first-order chi connectivity index (χ1) is 6.62. The number of nitrogens with two attached hydrogens (primary N) is 1. The number of nitrogens with zero attached hydrogens (tertiary/aromatic N) is 1. The summed E-state index contributed by atoms with van der Waals surface area (Å²) in [5.74, 6) is 0. The number of hydrogen-bond acceptors (Lipinski definition) is 2. The molecule has 1 atom stereocenters. The topological polar surface area (TPSA) is 38.9 Å². The van der Waals surface area contributed by atoms with Gasteiger partial charge in [-0.1, -0.05) is 26.0 Å². The van der Waals surface area contributed by atoms with Crippen LogP contribution in [0.4, 0.5) is 0 Å². The summed E-state index contributed by atoms with van der Waals surface area (Å²) in [7, 11) is 0. The van der Waals surface area contributed by atoms with Crippen LogP contribution in [0.25, 0.3) is 5.57 Å². The Morgan fingerprint density at radius 3 is 2.67 bits per heavy atom. The van der Waals surface area contributed by atoms with Crippen LogP contribution in [0.1, 0.15) is 25.8 Å². The van der Waals surface area contributed by atoms with E-state index in [1.54, 1.807) is 6.20 Å². The first kappa shape index (κ1) is 12.2. The fourth-order valence-electron chi connectivity index (χ4n) is 2.01. The summed E-state index contributed by atoms with van der Waals surface area (Å²) in [4.78, 5) is 4.14. The van der Waals surface area contributed by atoms with Gasteiger partial charge in [0.15, 0.2) is 0 Å². The first-order valence-electron chi connectivity index (χ1n) is 4.99. The van der Waals surface area contributed by atoms with Crippen LogP contribution in [-0.4, -0.2) is 11.0 Å². The average Bonchev–Trinajstić information content (AvgIpc) is 2.44. The molecule has 0 bridgehead atoms. The smallest absolute Gasteiger partial charge is 0.0343 e. The van der Waals surface area contributed by atoms with Crippen LogP contribution in [0.15, 0.2) is 30.6 Å². The van der Waals surface area contributed by atoms with E-state index in [-0.39, 0.29) is 23.9 Å². The van der Waals surface area contributed by atoms with Gasteiger partial charge < -0.3 is 5.73 Å². The number of pyridine rings is 1. The maximum Gasteiger partial charge on any atom is 0.0343 e. The Labute approximate surface area is 97.0 Å². The van der Waals surface area contributed by atoms with Gasteiger partial charge in [-0.3, -0.25) is 4.98 Å². The van der Waals surface area contributed by atoms with Crippen molar-refractivity contribution in [2.24, 2.45) is 11.1 Å². The van der Waals surface area contributed by atoms with Gasteiger partial charge in [0.05, 0.1) is 0 Å². The highest BCUT2D eigenvalue weighted by Crippen LogP contribution is 2.42. The van der Waals surface area contributed by atoms with Crippen molar-refractivity contribution in [2.45, 2.75) is 26.3 Å². The lowest BCUT2D eigenvalue weighted by Gasteiger charge is -2.28. The molecular formula is C12H17ClN2. The van der Waals surface area contributed by atoms with Gasteiger partial charge in [-0.15, -0.1) is 12.4 Å². The van der Waals surface area contributed by atoms with E-state index in [1.807, 2.05) is 12.3 Å². The van der Waals surface area contributed by atoms with E-state index in [0.717, 1.165) is 6.42 Å². The zero-order valence-corrected chi connectivity index (χ0v) is 9.92. The SMILES string of the molecule is CC1(C)C(c2cccnc2)=CCC1N.Cl. The van der Waals surface area contributed by atoms with E-state index in [2.05, 4.69) is 31.0 Å². The number of hydrogen-bond donors (Lipinski definition) is 1. The molecule has 0 spiro atoms. The van der Waals surface area contributed by atoms with Gasteiger partial charge in [-0.05, 0) is 23.6 Å². The quantitative estimate of drug-likeness (QED) is 0.797. The first-order valence-corrected chi connectivity index (χ1v) is 4.99. The molecule has 0 saturated carbocycles. The van der Waals surface area contributed by atoms with Crippen LogP contribution in [0.2, 0.25) is 0 Å². The molecular weight excluding hydrogens is 208 g/mol. The summed E-state index contributed by atoms with van der Waals surface area (Å²) in [5.41, 5.74) is 8.67. The predicted octanol–water partition coefficient (Wildman–Crippen LogP) is 2.64. The summed E-state index contributed by atoms with van der Waals surface area (Å²) in [6.45, 7) is 4.40. The van der Waals surface area contributed by atoms with Gasteiger partial charge in [0.1, 0.15) is 0 Å². The minimum Gasteiger partial charge on any atom is -0.327 e. The molecule has 0 radical (unpaired) electrons. The molecule has 1 aliphatic carbocycles. The zero-order chi connectivity index (χ0) is 10.2. The molecule has 0 amide bonds. The molecule has 2 nitrogen and oxygen atoms in total. The maximum absolute atomic E-state index is 6.07. The van der Waals surface area contributed by atoms with Crippen molar-refractivity contribution >= 4 is 18.0 Å². The summed E-state index contributed by atoms with van der Waals surface area (Å²) in [6.07, 6.45) is 6.91. The van der Waals surface area contributed by atoms with Crippen molar-refractivity contribution < 1.29 is 0 Å². The van der Waals surface area contributed by atoms with Gasteiger partial charge in [0, 0.05) is 23.9 Å². The van der Waals surface area contributed by atoms with E-state index in [1.165, 1.54) is 11.1 Å². The Morgan fingerprint density at radius 1 is 1.47 bits per heavy atom. The second-order valence-electron chi connectivity index (χ2n) is 4.42. The monoisotopic (exact) mass is 224 g/mol. The fraction of sp³-hybridized carbons (Fsp3) is 0.417. The second kappa shape index (κ2) is 4.33. The fourth-order valence-corrected chi connectivity index (χ4v) is 2.01. The Bertz CT molecular complexity index is 357. The third-order valence-corrected chi connectivity index (χ3v) is 3.17. The standard InChI is InChI=1S/C12H16N2.ClH/c1-12(2)10(5-6-11(12)13)9-4-3-7-14-8-9;/h3-5,7-8,11H,6,13H2,1-2H3;1H. The lowest BCUT2D eigenvalue weighted by Crippen LogP contribution is -2.33. The van der Waals surface area contributed by atoms with E-state index >= 15 is 0 Å². The summed E-state index contributed by atoms with van der Waals surface area (Å²) in [5, 5.41) is 0. The largest absolute Gasteiger partial charge is 0.327 e. The Morgan fingerprint density at radius 2 is 2.20 bits per heavy atom. The molecule has 0 saturated heterocycles. The lowest BCUT2D eigenvalue weighted by molar-refractivity contribution is 0.412. The second-order valence-corrected chi connectivity index (χ2v) is 4.42. The highest BCUT2D eigenvalue weighted by Gasteiger charge is 2.35. The molecule has 2 rings (SSSR count). The molecule has 1 unspecified atom stereocenters. The molecule has 1 heterocycles. The van der Waals surface area contributed by atoms with Crippen molar-refractivity contribution in [1.82, 2.24) is 4.98 Å². The van der Waals surface area contributed by atoms with Crippen molar-refractivity contribution in [1.29, 1.82) is 0 Å². The van der Waals surface area contributed by atoms with Crippen LogP contribution >= 0.6 is 12.4 Å². The summed E-state index contributed by atoms with van der Waals surface area (Å²) >= 11 is 0. The number of aromatic nitrogens is 1. The van der Waals surface area contributed by atoms with Crippen LogP contribution < -0.4 is 5.73 Å². The van der Waals surface area contributed by atoms with Crippen LogP contribution in [-0.2, 0) is 0 Å². The minimum atomic E-state index is 0. The Kier molecular flexibility index (Phi) is 3.53. The van der Waals surface area contributed by atoms with Crippen molar-refractivity contribution in [3.05, 3.63) is 36.2 Å². The molecule has 1 aromatic rings. The Hall–Kier alpha value is -0.860. The van der Waals surface area contributed by atoms with Gasteiger partial charge in [-0.2, -0.15) is 0 Å². The van der Waals surface area contributed by atoms with Gasteiger partial charge in [0.2, 0.25) is 0 Å². The number of rotatable bonds is 1. The van der Waals surface area contributed by atoms with E-state index in [9.17, 15) is 0 Å². The lowest BCUT2D eigenvalue weighted by atomic mass is 9.80. The molecule has 1 aliphatic rings. The van der Waals surface area contributed by atoms with E-state index in [0.29, 0.717) is 0 Å². The van der Waals surface area contributed by atoms with Gasteiger partial charge >= 0.3 is 0 Å². The molecule has 82 valence electrons. The van der Waals surface area contributed by atoms with E-state index in [4.69, 9.17) is 5.73 Å². The average molecular weight is 225 g/mol. The zero-order valence-electron chi connectivity index (χ0n) is 9.10. The molecule has 0 fully saturated rings. The highest BCUT2D eigenvalue weighted by atomic mass is 35.5. The minimum absolute atomic E-state index is 0. The normalized spacial score (nSPS) is 23.1. The van der Waals surface area contributed by atoms with Crippen molar-refractivity contribution in [2.75, 3.05) is 0 Å². The van der Waals surface area contributed by atoms with Crippen molar-refractivity contribution in [3.8, 4) is 0 Å². The van der Waals surface area contributed by atoms with E-state index < -0.39 is 0 Å². The summed E-state index contributed by atoms with van der Waals surface area (Å²) in [6, 6.07) is 4.30. The Balaban J connectivity index is 0.00000112. The maximum atomic E-state index is 6.07. The molecule has 1 aromatic heterocycles. The highest BCUT2D eigenvalue weighted by molar-refractivity contribution is 5.85. The van der Waals surface area contributed by atoms with Crippen LogP contribution in [0, 0.1) is 5.41 Å².